The van der Waals surface area contributed by atoms with E-state index in [9.17, 15) is 10.1 Å². The number of halogens is 2. The van der Waals surface area contributed by atoms with Crippen molar-refractivity contribution < 1.29 is 14.4 Å². The summed E-state index contributed by atoms with van der Waals surface area (Å²) in [6.07, 6.45) is 4.26. The molecule has 0 spiro atoms. The van der Waals surface area contributed by atoms with E-state index in [2.05, 4.69) is 69.5 Å². The minimum Gasteiger partial charge on any atom is -0.477 e. The molecule has 10 heteroatoms. The van der Waals surface area contributed by atoms with Crippen LogP contribution in [0.25, 0.3) is 0 Å². The van der Waals surface area contributed by atoms with Gasteiger partial charge in [-0.3, -0.25) is 10.1 Å². The van der Waals surface area contributed by atoms with Crippen molar-refractivity contribution in [3.8, 4) is 11.8 Å². The van der Waals surface area contributed by atoms with Crippen LogP contribution in [0.1, 0.15) is 64.8 Å². The fraction of sp³-hybridized carbons (Fsp3) is 0.583. The maximum atomic E-state index is 10.7. The van der Waals surface area contributed by atoms with Crippen LogP contribution in [0, 0.1) is 35.8 Å². The van der Waals surface area contributed by atoms with Crippen LogP contribution in [-0.4, -0.2) is 28.1 Å². The number of aryl methyl sites for hydroxylation is 2. The number of hydrogen-bond acceptors (Lipinski definition) is 7. The molecule has 0 bridgehead atoms. The molecule has 8 nitrogen and oxygen atoms in total. The molecule has 0 aromatic carbocycles. The van der Waals surface area contributed by atoms with Gasteiger partial charge in [0, 0.05) is 6.07 Å². The molecule has 2 heterocycles. The van der Waals surface area contributed by atoms with E-state index in [-0.39, 0.29) is 5.69 Å². The van der Waals surface area contributed by atoms with Crippen molar-refractivity contribution in [2.45, 2.75) is 67.2 Å². The molecule has 0 fully saturated rings. The molecule has 2 aromatic heterocycles. The molecule has 0 saturated carbocycles. The van der Waals surface area contributed by atoms with Crippen molar-refractivity contribution in [2.24, 2.45) is 11.8 Å². The monoisotopic (exact) mass is 602 g/mol. The van der Waals surface area contributed by atoms with E-state index in [0.717, 1.165) is 29.4 Å². The molecule has 0 unspecified atom stereocenters. The fourth-order valence-electron chi connectivity index (χ4n) is 2.83. The molecule has 34 heavy (non-hydrogen) atoms. The first-order valence-corrected chi connectivity index (χ1v) is 13.0. The lowest BCUT2D eigenvalue weighted by Crippen LogP contribution is -2.03. The largest absolute Gasteiger partial charge is 0.477 e. The summed E-state index contributed by atoms with van der Waals surface area (Å²) < 4.78 is 12.5. The van der Waals surface area contributed by atoms with Gasteiger partial charge in [-0.2, -0.15) is 0 Å². The van der Waals surface area contributed by atoms with E-state index >= 15 is 0 Å². The van der Waals surface area contributed by atoms with Gasteiger partial charge in [0.25, 0.3) is 5.69 Å². The molecular weight excluding hydrogens is 568 g/mol. The Hall–Kier alpha value is -1.94. The van der Waals surface area contributed by atoms with Crippen LogP contribution >= 0.6 is 31.9 Å². The van der Waals surface area contributed by atoms with Gasteiger partial charge in [0.1, 0.15) is 5.69 Å². The zero-order valence-electron chi connectivity index (χ0n) is 20.9. The van der Waals surface area contributed by atoms with Crippen molar-refractivity contribution in [1.82, 2.24) is 9.97 Å². The summed E-state index contributed by atoms with van der Waals surface area (Å²) >= 11 is 6.63. The van der Waals surface area contributed by atoms with E-state index < -0.39 is 4.92 Å². The predicted molar refractivity (Wildman–Crippen MR) is 144 cm³/mol. The van der Waals surface area contributed by atoms with E-state index in [1.54, 1.807) is 6.92 Å². The van der Waals surface area contributed by atoms with Crippen molar-refractivity contribution in [3.63, 3.8) is 0 Å². The first kappa shape index (κ1) is 30.1. The molecule has 190 valence electrons. The number of ether oxygens (including phenoxy) is 2. The maximum Gasteiger partial charge on any atom is 0.291 e. The number of aromatic nitrogens is 2. The second-order valence-corrected chi connectivity index (χ2v) is 10.6. The van der Waals surface area contributed by atoms with Gasteiger partial charge in [0.05, 0.1) is 38.5 Å². The summed E-state index contributed by atoms with van der Waals surface area (Å²) in [5.74, 6) is 2.41. The minimum atomic E-state index is -0.449. The Morgan fingerprint density at radius 1 is 0.912 bits per heavy atom. The third-order valence-electron chi connectivity index (χ3n) is 4.81. The summed E-state index contributed by atoms with van der Waals surface area (Å²) in [5, 5.41) is 10.7. The first-order valence-electron chi connectivity index (χ1n) is 11.4. The smallest absolute Gasteiger partial charge is 0.291 e. The Balaban J connectivity index is 0.000000342. The number of rotatable bonds is 11. The quantitative estimate of drug-likeness (QED) is 0.161. The van der Waals surface area contributed by atoms with Crippen LogP contribution < -0.4 is 15.2 Å². The van der Waals surface area contributed by atoms with Gasteiger partial charge in [-0.1, -0.05) is 27.7 Å². The van der Waals surface area contributed by atoms with Crippen molar-refractivity contribution in [2.75, 3.05) is 18.9 Å². The molecule has 0 aliphatic heterocycles. The fourth-order valence-corrected chi connectivity index (χ4v) is 3.70. The minimum absolute atomic E-state index is 0.00333. The average Bonchev–Trinajstić information content (AvgIpc) is 2.74. The number of nitrogens with zero attached hydrogens (tertiary/aromatic N) is 3. The standard InChI is InChI=1S/C12H17BrN2O3.C12H19BrN2O/c1-8(2)5-4-6-18-12-10(13)7-11(15(16)17)9(3)14-12;1-8(2)5-4-6-16-12-10(13)7-11(14)9(3)15-12/h7-8H,4-6H2,1-3H3;7-8H,4-6,14H2,1-3H3. The van der Waals surface area contributed by atoms with Crippen LogP contribution in [0.15, 0.2) is 21.1 Å². The summed E-state index contributed by atoms with van der Waals surface area (Å²) in [4.78, 5) is 18.7. The molecule has 2 rings (SSSR count). The molecule has 0 amide bonds. The molecule has 0 atom stereocenters. The Bertz CT molecular complexity index is 940. The second kappa shape index (κ2) is 15.1. The normalized spacial score (nSPS) is 10.8. The highest BCUT2D eigenvalue weighted by atomic mass is 79.9. The lowest BCUT2D eigenvalue weighted by molar-refractivity contribution is -0.385. The zero-order chi connectivity index (χ0) is 25.8. The number of nitrogens with two attached hydrogens (primary N) is 1. The van der Waals surface area contributed by atoms with Gasteiger partial charge >= 0.3 is 0 Å². The van der Waals surface area contributed by atoms with E-state index in [1.165, 1.54) is 12.5 Å². The van der Waals surface area contributed by atoms with Crippen LogP contribution in [0.3, 0.4) is 0 Å². The van der Waals surface area contributed by atoms with E-state index in [1.807, 2.05) is 13.0 Å². The van der Waals surface area contributed by atoms with Crippen LogP contribution in [0.5, 0.6) is 11.8 Å². The molecule has 0 saturated heterocycles. The first-order chi connectivity index (χ1) is 15.9. The molecular formula is C24H36Br2N4O4. The van der Waals surface area contributed by atoms with Gasteiger partial charge < -0.3 is 15.2 Å². The Labute approximate surface area is 219 Å². The maximum absolute atomic E-state index is 10.7. The number of pyridine rings is 2. The third-order valence-corrected chi connectivity index (χ3v) is 5.94. The number of nitro groups is 1. The Kier molecular flexibility index (Phi) is 13.4. The third kappa shape index (κ3) is 11.0. The number of anilines is 1. The van der Waals surface area contributed by atoms with Gasteiger partial charge in [-0.05, 0) is 89.3 Å². The highest BCUT2D eigenvalue weighted by Crippen LogP contribution is 2.29. The second-order valence-electron chi connectivity index (χ2n) is 8.86. The predicted octanol–water partition coefficient (Wildman–Crippen LogP) is 7.43. The molecule has 0 aliphatic rings. The van der Waals surface area contributed by atoms with Crippen LogP contribution in [0.4, 0.5) is 11.4 Å². The number of nitrogen functional groups attached to an aromatic ring is 1. The van der Waals surface area contributed by atoms with Gasteiger partial charge in [-0.15, -0.1) is 0 Å². The van der Waals surface area contributed by atoms with E-state index in [4.69, 9.17) is 15.2 Å². The molecule has 0 radical (unpaired) electrons. The summed E-state index contributed by atoms with van der Waals surface area (Å²) in [6.45, 7) is 13.5. The van der Waals surface area contributed by atoms with Gasteiger partial charge in [-0.25, -0.2) is 9.97 Å². The lowest BCUT2D eigenvalue weighted by atomic mass is 10.1. The highest BCUT2D eigenvalue weighted by Gasteiger charge is 2.16. The lowest BCUT2D eigenvalue weighted by Gasteiger charge is -2.10. The van der Waals surface area contributed by atoms with Crippen molar-refractivity contribution >= 4 is 43.2 Å². The Morgan fingerprint density at radius 3 is 1.79 bits per heavy atom. The van der Waals surface area contributed by atoms with Gasteiger partial charge in [0.15, 0.2) is 0 Å². The Morgan fingerprint density at radius 2 is 1.35 bits per heavy atom. The summed E-state index contributed by atoms with van der Waals surface area (Å²) in [6, 6.07) is 3.26. The zero-order valence-corrected chi connectivity index (χ0v) is 24.0. The van der Waals surface area contributed by atoms with Crippen molar-refractivity contribution in [1.29, 1.82) is 0 Å². The van der Waals surface area contributed by atoms with Gasteiger partial charge in [0.2, 0.25) is 11.8 Å². The average molecular weight is 604 g/mol. The number of hydrogen-bond donors (Lipinski definition) is 1. The summed E-state index contributed by atoms with van der Waals surface area (Å²) in [5.41, 5.74) is 7.59. The van der Waals surface area contributed by atoms with E-state index in [0.29, 0.717) is 52.7 Å². The molecule has 2 N–H and O–H groups in total. The summed E-state index contributed by atoms with van der Waals surface area (Å²) in [7, 11) is 0. The highest BCUT2D eigenvalue weighted by molar-refractivity contribution is 9.10. The topological polar surface area (TPSA) is 113 Å². The molecule has 0 aliphatic carbocycles. The van der Waals surface area contributed by atoms with Crippen molar-refractivity contribution in [3.05, 3.63) is 42.6 Å². The molecule has 2 aromatic rings. The SMILES string of the molecule is Cc1nc(OCCCC(C)C)c(Br)cc1N.Cc1nc(OCCCC(C)C)c(Br)cc1[N+](=O)[O-]. The van der Waals surface area contributed by atoms with Crippen LogP contribution in [0.2, 0.25) is 0 Å². The van der Waals surface area contributed by atoms with Crippen LogP contribution in [-0.2, 0) is 0 Å².